The molecule has 2 aromatic rings. The fraction of sp³-hybridized carbons (Fsp3) is 0.278. The van der Waals surface area contributed by atoms with Crippen LogP contribution in [0.4, 0.5) is 5.69 Å². The summed E-state index contributed by atoms with van der Waals surface area (Å²) in [6.07, 6.45) is 2.17. The van der Waals surface area contributed by atoms with Crippen LogP contribution in [0.5, 0.6) is 0 Å². The van der Waals surface area contributed by atoms with E-state index in [4.69, 9.17) is 11.6 Å². The van der Waals surface area contributed by atoms with E-state index in [1.54, 1.807) is 24.3 Å². The summed E-state index contributed by atoms with van der Waals surface area (Å²) in [7, 11) is 0. The SMILES string of the molecule is CC1CCc2ccccc2N1CC(=O)c1ccc(Cl)cc1. The van der Waals surface area contributed by atoms with E-state index in [1.807, 2.05) is 6.07 Å². The minimum absolute atomic E-state index is 0.134. The maximum absolute atomic E-state index is 12.5. The molecule has 3 rings (SSSR count). The molecule has 0 saturated heterocycles. The van der Waals surface area contributed by atoms with Crippen molar-refractivity contribution in [3.05, 3.63) is 64.7 Å². The Kier molecular flexibility index (Phi) is 3.98. The quantitative estimate of drug-likeness (QED) is 0.785. The number of Topliss-reactive ketones (excluding diaryl/α,β-unsaturated/α-hetero) is 1. The molecule has 0 N–H and O–H groups in total. The molecule has 1 aliphatic rings. The smallest absolute Gasteiger partial charge is 0.182 e. The molecule has 0 fully saturated rings. The Morgan fingerprint density at radius 2 is 1.90 bits per heavy atom. The fourth-order valence-electron chi connectivity index (χ4n) is 2.88. The van der Waals surface area contributed by atoms with Crippen molar-refractivity contribution in [1.29, 1.82) is 0 Å². The monoisotopic (exact) mass is 299 g/mol. The molecule has 2 aromatic carbocycles. The Labute approximate surface area is 130 Å². The van der Waals surface area contributed by atoms with Gasteiger partial charge in [-0.05, 0) is 55.7 Å². The molecular formula is C18H18ClNO. The molecule has 0 spiro atoms. The number of hydrogen-bond donors (Lipinski definition) is 0. The number of ketones is 1. The number of anilines is 1. The van der Waals surface area contributed by atoms with E-state index in [2.05, 4.69) is 30.0 Å². The fourth-order valence-corrected chi connectivity index (χ4v) is 3.01. The number of halogens is 1. The van der Waals surface area contributed by atoms with Gasteiger partial charge in [-0.25, -0.2) is 0 Å². The van der Waals surface area contributed by atoms with Gasteiger partial charge in [0.15, 0.2) is 5.78 Å². The van der Waals surface area contributed by atoms with Crippen LogP contribution in [-0.2, 0) is 6.42 Å². The maximum Gasteiger partial charge on any atom is 0.182 e. The lowest BCUT2D eigenvalue weighted by Gasteiger charge is -2.36. The molecule has 0 radical (unpaired) electrons. The minimum Gasteiger partial charge on any atom is -0.361 e. The standard InChI is InChI=1S/C18H18ClNO/c1-13-6-7-14-4-2-3-5-17(14)20(13)12-18(21)15-8-10-16(19)11-9-15/h2-5,8-11,13H,6-7,12H2,1H3. The second-order valence-electron chi connectivity index (χ2n) is 5.57. The average Bonchev–Trinajstić information content (AvgIpc) is 2.51. The zero-order chi connectivity index (χ0) is 14.8. The summed E-state index contributed by atoms with van der Waals surface area (Å²) >= 11 is 5.88. The molecule has 0 bridgehead atoms. The molecule has 1 unspecified atom stereocenters. The molecule has 1 atom stereocenters. The van der Waals surface area contributed by atoms with Crippen LogP contribution in [0.1, 0.15) is 29.3 Å². The van der Waals surface area contributed by atoms with E-state index in [-0.39, 0.29) is 5.78 Å². The van der Waals surface area contributed by atoms with E-state index < -0.39 is 0 Å². The highest BCUT2D eigenvalue weighted by atomic mass is 35.5. The number of rotatable bonds is 3. The summed E-state index contributed by atoms with van der Waals surface area (Å²) in [5.74, 6) is 0.134. The van der Waals surface area contributed by atoms with Crippen LogP contribution in [0.25, 0.3) is 0 Å². The molecule has 1 heterocycles. The van der Waals surface area contributed by atoms with Gasteiger partial charge in [-0.2, -0.15) is 0 Å². The average molecular weight is 300 g/mol. The van der Waals surface area contributed by atoms with E-state index in [9.17, 15) is 4.79 Å². The first-order valence-corrected chi connectivity index (χ1v) is 7.66. The van der Waals surface area contributed by atoms with Gasteiger partial charge in [0.05, 0.1) is 6.54 Å². The molecule has 21 heavy (non-hydrogen) atoms. The van der Waals surface area contributed by atoms with Crippen molar-refractivity contribution >= 4 is 23.1 Å². The first-order valence-electron chi connectivity index (χ1n) is 7.28. The zero-order valence-corrected chi connectivity index (χ0v) is 12.8. The Hall–Kier alpha value is -1.80. The number of para-hydroxylation sites is 1. The number of hydrogen-bond acceptors (Lipinski definition) is 2. The number of fused-ring (bicyclic) bond motifs is 1. The third-order valence-electron chi connectivity index (χ3n) is 4.14. The molecular weight excluding hydrogens is 282 g/mol. The lowest BCUT2D eigenvalue weighted by atomic mass is 9.96. The van der Waals surface area contributed by atoms with Gasteiger partial charge in [-0.15, -0.1) is 0 Å². The van der Waals surface area contributed by atoms with Crippen LogP contribution >= 0.6 is 11.6 Å². The molecule has 0 saturated carbocycles. The summed E-state index contributed by atoms with van der Waals surface area (Å²) in [5, 5.41) is 0.656. The van der Waals surface area contributed by atoms with Crippen LogP contribution in [-0.4, -0.2) is 18.4 Å². The highest BCUT2D eigenvalue weighted by Gasteiger charge is 2.24. The third kappa shape index (κ3) is 2.96. The number of aryl methyl sites for hydroxylation is 1. The third-order valence-corrected chi connectivity index (χ3v) is 4.40. The Balaban J connectivity index is 1.84. The molecule has 1 aliphatic heterocycles. The van der Waals surface area contributed by atoms with Crippen LogP contribution in [0.3, 0.4) is 0 Å². The van der Waals surface area contributed by atoms with Gasteiger partial charge in [-0.1, -0.05) is 29.8 Å². The van der Waals surface area contributed by atoms with Gasteiger partial charge in [-0.3, -0.25) is 4.79 Å². The molecule has 0 aliphatic carbocycles. The normalized spacial score (nSPS) is 17.4. The highest BCUT2D eigenvalue weighted by Crippen LogP contribution is 2.30. The summed E-state index contributed by atoms with van der Waals surface area (Å²) < 4.78 is 0. The largest absolute Gasteiger partial charge is 0.361 e. The summed E-state index contributed by atoms with van der Waals surface area (Å²) in [6.45, 7) is 2.60. The lowest BCUT2D eigenvalue weighted by molar-refractivity contribution is 0.0996. The second kappa shape index (κ2) is 5.90. The van der Waals surface area contributed by atoms with Crippen LogP contribution < -0.4 is 4.90 Å². The number of benzene rings is 2. The van der Waals surface area contributed by atoms with Gasteiger partial charge in [0.2, 0.25) is 0 Å². The number of nitrogens with zero attached hydrogens (tertiary/aromatic N) is 1. The summed E-state index contributed by atoms with van der Waals surface area (Å²) in [6, 6.07) is 15.9. The van der Waals surface area contributed by atoms with Crippen molar-refractivity contribution < 1.29 is 4.79 Å². The van der Waals surface area contributed by atoms with Gasteiger partial charge in [0.1, 0.15) is 0 Å². The first-order chi connectivity index (χ1) is 10.1. The van der Waals surface area contributed by atoms with Crippen LogP contribution in [0, 0.1) is 0 Å². The van der Waals surface area contributed by atoms with Crippen molar-refractivity contribution in [3.8, 4) is 0 Å². The van der Waals surface area contributed by atoms with Crippen molar-refractivity contribution in [2.45, 2.75) is 25.8 Å². The second-order valence-corrected chi connectivity index (χ2v) is 6.01. The molecule has 0 amide bonds. The highest BCUT2D eigenvalue weighted by molar-refractivity contribution is 6.30. The predicted molar refractivity (Wildman–Crippen MR) is 87.4 cm³/mol. The van der Waals surface area contributed by atoms with Gasteiger partial charge >= 0.3 is 0 Å². The Morgan fingerprint density at radius 3 is 2.67 bits per heavy atom. The summed E-state index contributed by atoms with van der Waals surface area (Å²) in [5.41, 5.74) is 3.24. The maximum atomic E-state index is 12.5. The predicted octanol–water partition coefficient (Wildman–Crippen LogP) is 4.36. The van der Waals surface area contributed by atoms with Crippen molar-refractivity contribution in [2.24, 2.45) is 0 Å². The van der Waals surface area contributed by atoms with Crippen molar-refractivity contribution in [3.63, 3.8) is 0 Å². The first kappa shape index (κ1) is 14.2. The van der Waals surface area contributed by atoms with E-state index >= 15 is 0 Å². The van der Waals surface area contributed by atoms with Gasteiger partial charge in [0, 0.05) is 22.3 Å². The number of carbonyl (C=O) groups is 1. The van der Waals surface area contributed by atoms with Crippen molar-refractivity contribution in [1.82, 2.24) is 0 Å². The minimum atomic E-state index is 0.134. The Morgan fingerprint density at radius 1 is 1.19 bits per heavy atom. The van der Waals surface area contributed by atoms with Gasteiger partial charge < -0.3 is 4.90 Å². The molecule has 2 nitrogen and oxygen atoms in total. The molecule has 108 valence electrons. The molecule has 0 aromatic heterocycles. The van der Waals surface area contributed by atoms with Crippen molar-refractivity contribution in [2.75, 3.05) is 11.4 Å². The zero-order valence-electron chi connectivity index (χ0n) is 12.1. The summed E-state index contributed by atoms with van der Waals surface area (Å²) in [4.78, 5) is 14.7. The molecule has 3 heteroatoms. The number of carbonyl (C=O) groups excluding carboxylic acids is 1. The van der Waals surface area contributed by atoms with E-state index in [0.717, 1.165) is 18.4 Å². The topological polar surface area (TPSA) is 20.3 Å². The lowest BCUT2D eigenvalue weighted by Crippen LogP contribution is -2.40. The van der Waals surface area contributed by atoms with E-state index in [0.29, 0.717) is 17.6 Å². The van der Waals surface area contributed by atoms with Gasteiger partial charge in [0.25, 0.3) is 0 Å². The van der Waals surface area contributed by atoms with E-state index in [1.165, 1.54) is 11.3 Å². The van der Waals surface area contributed by atoms with Crippen LogP contribution in [0.2, 0.25) is 5.02 Å². The van der Waals surface area contributed by atoms with Crippen LogP contribution in [0.15, 0.2) is 48.5 Å². The Bertz CT molecular complexity index is 651.